The molecule has 0 amide bonds. The number of nitrogens with one attached hydrogen (secondary N) is 1. The second-order valence-corrected chi connectivity index (χ2v) is 9.04. The molecule has 0 aliphatic carbocycles. The summed E-state index contributed by atoms with van der Waals surface area (Å²) in [5.41, 5.74) is 3.30. The minimum Gasteiger partial charge on any atom is -0.396 e. The Morgan fingerprint density at radius 1 is 1.03 bits per heavy atom. The van der Waals surface area contributed by atoms with E-state index in [2.05, 4.69) is 44.8 Å². The molecule has 4 aromatic rings. The van der Waals surface area contributed by atoms with Crippen LogP contribution in [0, 0.1) is 5.92 Å². The van der Waals surface area contributed by atoms with Crippen molar-refractivity contribution in [3.05, 3.63) is 65.8 Å². The average Bonchev–Trinajstić information content (AvgIpc) is 3.29. The maximum Gasteiger partial charge on any atom is 0.228 e. The van der Waals surface area contributed by atoms with Crippen LogP contribution in [0.5, 0.6) is 0 Å². The Hall–Kier alpha value is -3.03. The van der Waals surface area contributed by atoms with Gasteiger partial charge in [0.2, 0.25) is 5.95 Å². The third-order valence-corrected chi connectivity index (χ3v) is 6.98. The summed E-state index contributed by atoms with van der Waals surface area (Å²) in [7, 11) is 0. The van der Waals surface area contributed by atoms with Crippen molar-refractivity contribution in [3.8, 4) is 11.1 Å². The molecule has 1 aliphatic heterocycles. The monoisotopic (exact) mass is 445 g/mol. The van der Waals surface area contributed by atoms with Crippen molar-refractivity contribution < 1.29 is 5.11 Å². The lowest BCUT2D eigenvalue weighted by molar-refractivity contribution is 0.240. The highest BCUT2D eigenvalue weighted by Gasteiger charge is 2.23. The van der Waals surface area contributed by atoms with Crippen LogP contribution in [0.25, 0.3) is 21.3 Å². The molecule has 1 aliphatic rings. The summed E-state index contributed by atoms with van der Waals surface area (Å²) >= 11 is 1.66. The summed E-state index contributed by atoms with van der Waals surface area (Å²) < 4.78 is 0. The number of aromatic nitrogens is 3. The predicted molar refractivity (Wildman–Crippen MR) is 131 cm³/mol. The lowest BCUT2D eigenvalue weighted by Gasteiger charge is -2.32. The van der Waals surface area contributed by atoms with E-state index in [9.17, 15) is 5.11 Å². The number of anilines is 2. The third kappa shape index (κ3) is 4.45. The summed E-state index contributed by atoms with van der Waals surface area (Å²) in [6.07, 6.45) is 4.83. The van der Waals surface area contributed by atoms with Crippen LogP contribution in [0.4, 0.5) is 11.8 Å². The molecular formula is C25H27N5OS. The van der Waals surface area contributed by atoms with Crippen LogP contribution in [0.1, 0.15) is 25.0 Å². The standard InChI is InChI=1S/C25H27N5OS/c31-15-11-18-9-13-30(14-10-18)25-28-23(27-16-20-8-4-5-12-26-20)22-21(17-32-24(22)29-25)19-6-2-1-3-7-19/h1-8,12,17-18,31H,9-11,13-16H2,(H,27,28,29). The van der Waals surface area contributed by atoms with E-state index in [0.29, 0.717) is 12.5 Å². The second kappa shape index (κ2) is 9.63. The number of rotatable bonds is 7. The summed E-state index contributed by atoms with van der Waals surface area (Å²) in [4.78, 5) is 17.7. The fourth-order valence-electron chi connectivity index (χ4n) is 4.31. The van der Waals surface area contributed by atoms with Crippen molar-refractivity contribution in [3.63, 3.8) is 0 Å². The van der Waals surface area contributed by atoms with Gasteiger partial charge in [0.25, 0.3) is 0 Å². The van der Waals surface area contributed by atoms with Crippen molar-refractivity contribution in [1.29, 1.82) is 0 Å². The first-order valence-electron chi connectivity index (χ1n) is 11.2. The van der Waals surface area contributed by atoms with Crippen LogP contribution in [0.3, 0.4) is 0 Å². The van der Waals surface area contributed by atoms with Gasteiger partial charge < -0.3 is 15.3 Å². The van der Waals surface area contributed by atoms with E-state index in [1.54, 1.807) is 11.3 Å². The third-order valence-electron chi connectivity index (χ3n) is 6.10. The molecule has 7 heteroatoms. The number of aliphatic hydroxyl groups is 1. The van der Waals surface area contributed by atoms with Gasteiger partial charge in [0.15, 0.2) is 0 Å². The molecule has 4 heterocycles. The van der Waals surface area contributed by atoms with E-state index >= 15 is 0 Å². The molecule has 0 spiro atoms. The van der Waals surface area contributed by atoms with Crippen LogP contribution in [0.15, 0.2) is 60.1 Å². The molecule has 0 radical (unpaired) electrons. The molecule has 164 valence electrons. The number of hydrogen-bond donors (Lipinski definition) is 2. The summed E-state index contributed by atoms with van der Waals surface area (Å²) in [6.45, 7) is 2.72. The van der Waals surface area contributed by atoms with Gasteiger partial charge in [0.05, 0.1) is 17.6 Å². The van der Waals surface area contributed by atoms with Crippen LogP contribution in [-0.2, 0) is 6.54 Å². The van der Waals surface area contributed by atoms with E-state index in [1.807, 2.05) is 30.5 Å². The number of fused-ring (bicyclic) bond motifs is 1. The maximum atomic E-state index is 9.26. The quantitative estimate of drug-likeness (QED) is 0.419. The number of benzene rings is 1. The van der Waals surface area contributed by atoms with Crippen LogP contribution < -0.4 is 10.2 Å². The molecule has 0 bridgehead atoms. The Morgan fingerprint density at radius 2 is 1.84 bits per heavy atom. The van der Waals surface area contributed by atoms with Crippen molar-refractivity contribution >= 4 is 33.3 Å². The van der Waals surface area contributed by atoms with Gasteiger partial charge in [-0.15, -0.1) is 11.3 Å². The molecule has 1 saturated heterocycles. The number of thiophene rings is 1. The Morgan fingerprint density at radius 3 is 2.59 bits per heavy atom. The smallest absolute Gasteiger partial charge is 0.228 e. The first kappa shape index (κ1) is 20.8. The molecular weight excluding hydrogens is 418 g/mol. The number of pyridine rings is 1. The van der Waals surface area contributed by atoms with Gasteiger partial charge in [-0.05, 0) is 42.9 Å². The Kier molecular flexibility index (Phi) is 6.27. The Labute approximate surface area is 192 Å². The van der Waals surface area contributed by atoms with Crippen molar-refractivity contribution in [2.45, 2.75) is 25.8 Å². The SMILES string of the molecule is OCCC1CCN(c2nc(NCc3ccccn3)c3c(-c4ccccc4)csc3n2)CC1. The zero-order valence-electron chi connectivity index (χ0n) is 17.9. The molecule has 3 aromatic heterocycles. The van der Waals surface area contributed by atoms with Gasteiger partial charge in [0.1, 0.15) is 10.6 Å². The second-order valence-electron chi connectivity index (χ2n) is 8.19. The molecule has 1 aromatic carbocycles. The van der Waals surface area contributed by atoms with Crippen molar-refractivity contribution in [1.82, 2.24) is 15.0 Å². The average molecular weight is 446 g/mol. The number of piperidine rings is 1. The van der Waals surface area contributed by atoms with Crippen LogP contribution in [0.2, 0.25) is 0 Å². The van der Waals surface area contributed by atoms with E-state index in [4.69, 9.17) is 9.97 Å². The number of aliphatic hydroxyl groups excluding tert-OH is 1. The molecule has 32 heavy (non-hydrogen) atoms. The highest BCUT2D eigenvalue weighted by Crippen LogP contribution is 2.38. The molecule has 6 nitrogen and oxygen atoms in total. The summed E-state index contributed by atoms with van der Waals surface area (Å²) in [5, 5.41) is 16.0. The normalized spacial score (nSPS) is 14.7. The Bertz CT molecular complexity index is 1160. The van der Waals surface area contributed by atoms with E-state index in [-0.39, 0.29) is 6.61 Å². The predicted octanol–water partition coefficient (Wildman–Crippen LogP) is 4.96. The zero-order valence-corrected chi connectivity index (χ0v) is 18.8. The Balaban J connectivity index is 1.50. The fraction of sp³-hybridized carbons (Fsp3) is 0.320. The van der Waals surface area contributed by atoms with E-state index in [1.165, 1.54) is 5.56 Å². The molecule has 5 rings (SSSR count). The summed E-state index contributed by atoms with van der Waals surface area (Å²) in [6, 6.07) is 16.4. The molecule has 0 unspecified atom stereocenters. The topological polar surface area (TPSA) is 74.2 Å². The van der Waals surface area contributed by atoms with Gasteiger partial charge in [-0.25, -0.2) is 4.98 Å². The molecule has 0 atom stereocenters. The first-order chi connectivity index (χ1) is 15.8. The summed E-state index contributed by atoms with van der Waals surface area (Å²) in [5.74, 6) is 2.23. The lowest BCUT2D eigenvalue weighted by Crippen LogP contribution is -2.35. The minimum atomic E-state index is 0.270. The number of hydrogen-bond acceptors (Lipinski definition) is 7. The zero-order chi connectivity index (χ0) is 21.8. The van der Waals surface area contributed by atoms with Crippen LogP contribution in [-0.4, -0.2) is 39.8 Å². The van der Waals surface area contributed by atoms with Crippen molar-refractivity contribution in [2.24, 2.45) is 5.92 Å². The molecule has 1 fully saturated rings. The van der Waals surface area contributed by atoms with Gasteiger partial charge in [-0.1, -0.05) is 36.4 Å². The van der Waals surface area contributed by atoms with Gasteiger partial charge >= 0.3 is 0 Å². The first-order valence-corrected chi connectivity index (χ1v) is 12.0. The van der Waals surface area contributed by atoms with Gasteiger partial charge in [-0.2, -0.15) is 4.98 Å². The fourth-order valence-corrected chi connectivity index (χ4v) is 5.25. The highest BCUT2D eigenvalue weighted by molar-refractivity contribution is 7.17. The maximum absolute atomic E-state index is 9.26. The van der Waals surface area contributed by atoms with Crippen LogP contribution >= 0.6 is 11.3 Å². The minimum absolute atomic E-state index is 0.270. The van der Waals surface area contributed by atoms with Gasteiger partial charge in [0, 0.05) is 36.8 Å². The molecule has 2 N–H and O–H groups in total. The number of nitrogens with zero attached hydrogens (tertiary/aromatic N) is 4. The van der Waals surface area contributed by atoms with Gasteiger partial charge in [-0.3, -0.25) is 4.98 Å². The van der Waals surface area contributed by atoms with E-state index < -0.39 is 0 Å². The highest BCUT2D eigenvalue weighted by atomic mass is 32.1. The largest absolute Gasteiger partial charge is 0.396 e. The van der Waals surface area contributed by atoms with E-state index in [0.717, 1.165) is 65.6 Å². The molecule has 0 saturated carbocycles. The lowest BCUT2D eigenvalue weighted by atomic mass is 9.94. The van der Waals surface area contributed by atoms with Crippen molar-refractivity contribution in [2.75, 3.05) is 29.9 Å².